The van der Waals surface area contributed by atoms with Gasteiger partial charge >= 0.3 is 0 Å². The maximum absolute atomic E-state index is 5.68. The Morgan fingerprint density at radius 1 is 1.22 bits per heavy atom. The first kappa shape index (κ1) is 13.6. The summed E-state index contributed by atoms with van der Waals surface area (Å²) < 4.78 is 5.68. The minimum Gasteiger partial charge on any atom is -0.377 e. The minimum atomic E-state index is 0.0991. The van der Waals surface area contributed by atoms with Gasteiger partial charge in [0.25, 0.3) is 0 Å². The standard InChI is InChI=1S/C16H25NO/c1-13(2)15(14-8-5-4-6-9-14)17-12-16(18-3)10-7-11-16/h4-6,8-9,13,15,17H,7,10-12H2,1-3H3. The van der Waals surface area contributed by atoms with Crippen LogP contribution in [0.1, 0.15) is 44.7 Å². The highest BCUT2D eigenvalue weighted by atomic mass is 16.5. The predicted octanol–water partition coefficient (Wildman–Crippen LogP) is 3.54. The third-order valence-corrected chi connectivity index (χ3v) is 4.17. The van der Waals surface area contributed by atoms with Crippen molar-refractivity contribution in [3.8, 4) is 0 Å². The topological polar surface area (TPSA) is 21.3 Å². The molecule has 1 aromatic rings. The highest BCUT2D eigenvalue weighted by Crippen LogP contribution is 2.35. The number of hydrogen-bond donors (Lipinski definition) is 1. The van der Waals surface area contributed by atoms with Crippen molar-refractivity contribution in [3.63, 3.8) is 0 Å². The van der Waals surface area contributed by atoms with Crippen LogP contribution in [-0.4, -0.2) is 19.3 Å². The maximum atomic E-state index is 5.68. The Bertz CT molecular complexity index is 351. The second-order valence-corrected chi connectivity index (χ2v) is 5.75. The Morgan fingerprint density at radius 2 is 1.89 bits per heavy atom. The zero-order chi connectivity index (χ0) is 13.0. The molecule has 2 rings (SSSR count). The van der Waals surface area contributed by atoms with E-state index in [1.54, 1.807) is 0 Å². The summed E-state index contributed by atoms with van der Waals surface area (Å²) in [6, 6.07) is 11.1. The van der Waals surface area contributed by atoms with Crippen LogP contribution >= 0.6 is 0 Å². The van der Waals surface area contributed by atoms with E-state index in [2.05, 4.69) is 49.5 Å². The van der Waals surface area contributed by atoms with Crippen molar-refractivity contribution in [1.82, 2.24) is 5.32 Å². The molecule has 1 N–H and O–H groups in total. The van der Waals surface area contributed by atoms with E-state index in [9.17, 15) is 0 Å². The Balaban J connectivity index is 1.99. The van der Waals surface area contributed by atoms with E-state index < -0.39 is 0 Å². The molecule has 1 aliphatic rings. The molecule has 0 bridgehead atoms. The van der Waals surface area contributed by atoms with Gasteiger partial charge in [-0.05, 0) is 30.7 Å². The van der Waals surface area contributed by atoms with Crippen LogP contribution in [0.25, 0.3) is 0 Å². The number of methoxy groups -OCH3 is 1. The highest BCUT2D eigenvalue weighted by Gasteiger charge is 2.37. The lowest BCUT2D eigenvalue weighted by Gasteiger charge is -2.42. The van der Waals surface area contributed by atoms with Gasteiger partial charge in [0.05, 0.1) is 5.60 Å². The summed E-state index contributed by atoms with van der Waals surface area (Å²) in [6.07, 6.45) is 3.68. The Morgan fingerprint density at radius 3 is 2.33 bits per heavy atom. The first-order chi connectivity index (χ1) is 8.67. The fraction of sp³-hybridized carbons (Fsp3) is 0.625. The molecule has 0 saturated heterocycles. The molecule has 2 heteroatoms. The molecule has 0 heterocycles. The van der Waals surface area contributed by atoms with Gasteiger partial charge in [0.15, 0.2) is 0 Å². The van der Waals surface area contributed by atoms with Crippen LogP contribution in [0.4, 0.5) is 0 Å². The summed E-state index contributed by atoms with van der Waals surface area (Å²) >= 11 is 0. The average Bonchev–Trinajstić information content (AvgIpc) is 2.33. The van der Waals surface area contributed by atoms with Crippen LogP contribution in [-0.2, 0) is 4.74 Å². The molecule has 0 radical (unpaired) electrons. The fourth-order valence-electron chi connectivity index (χ4n) is 2.72. The van der Waals surface area contributed by atoms with Gasteiger partial charge in [0, 0.05) is 19.7 Å². The van der Waals surface area contributed by atoms with Gasteiger partial charge in [-0.2, -0.15) is 0 Å². The molecule has 0 aromatic heterocycles. The smallest absolute Gasteiger partial charge is 0.0802 e. The zero-order valence-corrected chi connectivity index (χ0v) is 11.8. The van der Waals surface area contributed by atoms with Gasteiger partial charge in [0.1, 0.15) is 0 Å². The monoisotopic (exact) mass is 247 g/mol. The van der Waals surface area contributed by atoms with Gasteiger partial charge in [-0.3, -0.25) is 0 Å². The molecule has 0 amide bonds. The van der Waals surface area contributed by atoms with Crippen molar-refractivity contribution in [1.29, 1.82) is 0 Å². The Labute approximate surface area is 111 Å². The van der Waals surface area contributed by atoms with Gasteiger partial charge in [0.2, 0.25) is 0 Å². The molecule has 1 saturated carbocycles. The molecule has 1 aliphatic carbocycles. The lowest BCUT2D eigenvalue weighted by atomic mass is 9.79. The molecule has 1 aromatic carbocycles. The third kappa shape index (κ3) is 2.93. The molecule has 100 valence electrons. The van der Waals surface area contributed by atoms with Crippen molar-refractivity contribution < 1.29 is 4.74 Å². The third-order valence-electron chi connectivity index (χ3n) is 4.17. The normalized spacial score (nSPS) is 19.6. The summed E-state index contributed by atoms with van der Waals surface area (Å²) in [7, 11) is 1.84. The van der Waals surface area contributed by atoms with E-state index in [4.69, 9.17) is 4.74 Å². The number of ether oxygens (including phenoxy) is 1. The number of hydrogen-bond acceptors (Lipinski definition) is 2. The molecule has 1 fully saturated rings. The van der Waals surface area contributed by atoms with Gasteiger partial charge in [-0.15, -0.1) is 0 Å². The van der Waals surface area contributed by atoms with E-state index in [1.807, 2.05) is 7.11 Å². The first-order valence-electron chi connectivity index (χ1n) is 7.00. The Hall–Kier alpha value is -0.860. The molecule has 2 nitrogen and oxygen atoms in total. The summed E-state index contributed by atoms with van der Waals surface area (Å²) in [5.41, 5.74) is 1.47. The molecule has 0 aliphatic heterocycles. The van der Waals surface area contributed by atoms with E-state index in [-0.39, 0.29) is 5.60 Å². The van der Waals surface area contributed by atoms with E-state index in [0.29, 0.717) is 12.0 Å². The van der Waals surface area contributed by atoms with Crippen LogP contribution < -0.4 is 5.32 Å². The van der Waals surface area contributed by atoms with Crippen LogP contribution in [0.3, 0.4) is 0 Å². The maximum Gasteiger partial charge on any atom is 0.0802 e. The van der Waals surface area contributed by atoms with Crippen molar-refractivity contribution in [3.05, 3.63) is 35.9 Å². The Kier molecular flexibility index (Phi) is 4.41. The predicted molar refractivity (Wildman–Crippen MR) is 75.6 cm³/mol. The van der Waals surface area contributed by atoms with Crippen molar-refractivity contribution in [2.45, 2.75) is 44.8 Å². The first-order valence-corrected chi connectivity index (χ1v) is 7.00. The van der Waals surface area contributed by atoms with Gasteiger partial charge in [-0.25, -0.2) is 0 Å². The minimum absolute atomic E-state index is 0.0991. The van der Waals surface area contributed by atoms with Crippen molar-refractivity contribution in [2.75, 3.05) is 13.7 Å². The summed E-state index contributed by atoms with van der Waals surface area (Å²) in [4.78, 5) is 0. The second-order valence-electron chi connectivity index (χ2n) is 5.75. The number of benzene rings is 1. The van der Waals surface area contributed by atoms with Crippen LogP contribution in [0, 0.1) is 5.92 Å². The van der Waals surface area contributed by atoms with Crippen molar-refractivity contribution >= 4 is 0 Å². The van der Waals surface area contributed by atoms with Crippen LogP contribution in [0.5, 0.6) is 0 Å². The highest BCUT2D eigenvalue weighted by molar-refractivity contribution is 5.19. The molecule has 0 spiro atoms. The molecule has 18 heavy (non-hydrogen) atoms. The van der Waals surface area contributed by atoms with Gasteiger partial charge in [-0.1, -0.05) is 44.2 Å². The summed E-state index contributed by atoms with van der Waals surface area (Å²) in [6.45, 7) is 5.50. The second kappa shape index (κ2) is 5.85. The number of nitrogens with one attached hydrogen (secondary N) is 1. The van der Waals surface area contributed by atoms with E-state index in [1.165, 1.54) is 24.8 Å². The number of rotatable bonds is 6. The van der Waals surface area contributed by atoms with E-state index >= 15 is 0 Å². The van der Waals surface area contributed by atoms with Crippen molar-refractivity contribution in [2.24, 2.45) is 5.92 Å². The van der Waals surface area contributed by atoms with E-state index in [0.717, 1.165) is 6.54 Å². The average molecular weight is 247 g/mol. The fourth-order valence-corrected chi connectivity index (χ4v) is 2.72. The lowest BCUT2D eigenvalue weighted by Crippen LogP contribution is -2.49. The summed E-state index contributed by atoms with van der Waals surface area (Å²) in [5.74, 6) is 0.585. The summed E-state index contributed by atoms with van der Waals surface area (Å²) in [5, 5.41) is 3.70. The molecule has 1 unspecified atom stereocenters. The SMILES string of the molecule is COC1(CNC(c2ccccc2)C(C)C)CCC1. The molecule has 1 atom stereocenters. The zero-order valence-electron chi connectivity index (χ0n) is 11.8. The van der Waals surface area contributed by atoms with Crippen LogP contribution in [0.15, 0.2) is 30.3 Å². The van der Waals surface area contributed by atoms with Crippen LogP contribution in [0.2, 0.25) is 0 Å². The van der Waals surface area contributed by atoms with Gasteiger partial charge < -0.3 is 10.1 Å². The molecular weight excluding hydrogens is 222 g/mol. The lowest BCUT2D eigenvalue weighted by molar-refractivity contribution is -0.0716. The molecular formula is C16H25NO. The largest absolute Gasteiger partial charge is 0.377 e. The quantitative estimate of drug-likeness (QED) is 0.830.